The minimum atomic E-state index is -0.230. The Balaban J connectivity index is 1.74. The number of nitrogens with one attached hydrogen (secondary N) is 1. The standard InChI is InChI=1S/C18H17ClN4OS/c1-23-12-20-22-18(23)25-11-16(24)21-17(13-5-3-2-4-6-13)14-7-9-15(19)10-8-14/h2-10,12,17H,11H2,1H3,(H,21,24)/t17-/m1/s1. The molecule has 1 atom stereocenters. The zero-order chi connectivity index (χ0) is 17.6. The molecule has 5 nitrogen and oxygen atoms in total. The molecule has 7 heteroatoms. The van der Waals surface area contributed by atoms with Gasteiger partial charge in [0.1, 0.15) is 6.33 Å². The van der Waals surface area contributed by atoms with E-state index in [2.05, 4.69) is 15.5 Å². The fourth-order valence-electron chi connectivity index (χ4n) is 2.40. The molecule has 0 spiro atoms. The molecule has 0 aliphatic rings. The Morgan fingerprint density at radius 2 is 1.84 bits per heavy atom. The topological polar surface area (TPSA) is 59.8 Å². The lowest BCUT2D eigenvalue weighted by Gasteiger charge is -2.20. The van der Waals surface area contributed by atoms with Crippen molar-refractivity contribution in [1.29, 1.82) is 0 Å². The number of thioether (sulfide) groups is 1. The molecule has 0 radical (unpaired) electrons. The Kier molecular flexibility index (Phi) is 5.73. The largest absolute Gasteiger partial charge is 0.344 e. The molecule has 3 aromatic rings. The van der Waals surface area contributed by atoms with Crippen LogP contribution >= 0.6 is 23.4 Å². The summed E-state index contributed by atoms with van der Waals surface area (Å²) in [4.78, 5) is 12.5. The van der Waals surface area contributed by atoms with Crippen molar-refractivity contribution in [3.8, 4) is 0 Å². The lowest BCUT2D eigenvalue weighted by atomic mass is 9.99. The Morgan fingerprint density at radius 1 is 1.16 bits per heavy atom. The van der Waals surface area contributed by atoms with E-state index in [0.29, 0.717) is 10.2 Å². The summed E-state index contributed by atoms with van der Waals surface area (Å²) in [5.41, 5.74) is 1.99. The minimum Gasteiger partial charge on any atom is -0.344 e. The molecule has 0 aliphatic carbocycles. The highest BCUT2D eigenvalue weighted by molar-refractivity contribution is 7.99. The van der Waals surface area contributed by atoms with E-state index in [1.54, 1.807) is 10.9 Å². The van der Waals surface area contributed by atoms with E-state index in [1.807, 2.05) is 61.6 Å². The number of benzene rings is 2. The van der Waals surface area contributed by atoms with Crippen molar-refractivity contribution >= 4 is 29.3 Å². The first kappa shape index (κ1) is 17.5. The van der Waals surface area contributed by atoms with Crippen LogP contribution in [0.25, 0.3) is 0 Å². The summed E-state index contributed by atoms with van der Waals surface area (Å²) in [5.74, 6) is 0.195. The molecule has 0 saturated carbocycles. The van der Waals surface area contributed by atoms with Gasteiger partial charge in [-0.1, -0.05) is 65.8 Å². The molecule has 0 aliphatic heterocycles. The fraction of sp³-hybridized carbons (Fsp3) is 0.167. The molecule has 1 N–H and O–H groups in total. The van der Waals surface area contributed by atoms with E-state index in [4.69, 9.17) is 11.6 Å². The normalized spacial score (nSPS) is 11.9. The first-order valence-corrected chi connectivity index (χ1v) is 9.06. The van der Waals surface area contributed by atoms with Crippen LogP contribution in [0.15, 0.2) is 66.1 Å². The van der Waals surface area contributed by atoms with Gasteiger partial charge in [0, 0.05) is 12.1 Å². The second-order valence-electron chi connectivity index (χ2n) is 5.48. The highest BCUT2D eigenvalue weighted by atomic mass is 35.5. The maximum absolute atomic E-state index is 12.5. The van der Waals surface area contributed by atoms with Crippen molar-refractivity contribution in [1.82, 2.24) is 20.1 Å². The number of aromatic nitrogens is 3. The maximum atomic E-state index is 12.5. The number of halogens is 1. The van der Waals surface area contributed by atoms with Gasteiger partial charge in [-0.3, -0.25) is 4.79 Å². The SMILES string of the molecule is Cn1cnnc1SCC(=O)N[C@H](c1ccccc1)c1ccc(Cl)cc1. The molecular formula is C18H17ClN4OS. The summed E-state index contributed by atoms with van der Waals surface area (Å²) in [6.07, 6.45) is 1.61. The maximum Gasteiger partial charge on any atom is 0.231 e. The Hall–Kier alpha value is -2.31. The van der Waals surface area contributed by atoms with Crippen LogP contribution in [0.2, 0.25) is 5.02 Å². The van der Waals surface area contributed by atoms with Crippen LogP contribution < -0.4 is 5.32 Å². The Morgan fingerprint density at radius 3 is 2.48 bits per heavy atom. The molecular weight excluding hydrogens is 356 g/mol. The molecule has 1 aromatic heterocycles. The zero-order valence-electron chi connectivity index (χ0n) is 13.6. The van der Waals surface area contributed by atoms with Crippen molar-refractivity contribution in [2.75, 3.05) is 5.75 Å². The number of rotatable bonds is 6. The summed E-state index contributed by atoms with van der Waals surface area (Å²) in [6, 6.07) is 17.1. The van der Waals surface area contributed by atoms with Gasteiger partial charge >= 0.3 is 0 Å². The van der Waals surface area contributed by atoms with E-state index >= 15 is 0 Å². The third-order valence-electron chi connectivity index (χ3n) is 3.64. The van der Waals surface area contributed by atoms with Crippen LogP contribution in [0, 0.1) is 0 Å². The van der Waals surface area contributed by atoms with Crippen LogP contribution in [0.5, 0.6) is 0 Å². The molecule has 1 amide bonds. The van der Waals surface area contributed by atoms with Gasteiger partial charge in [0.25, 0.3) is 0 Å². The Bertz CT molecular complexity index is 836. The van der Waals surface area contributed by atoms with Gasteiger partial charge in [0.05, 0.1) is 11.8 Å². The van der Waals surface area contributed by atoms with Crippen LogP contribution in [0.4, 0.5) is 0 Å². The molecule has 0 unspecified atom stereocenters. The number of hydrogen-bond donors (Lipinski definition) is 1. The molecule has 128 valence electrons. The van der Waals surface area contributed by atoms with Crippen molar-refractivity contribution < 1.29 is 4.79 Å². The third kappa shape index (κ3) is 4.61. The van der Waals surface area contributed by atoms with Gasteiger partial charge in [-0.15, -0.1) is 10.2 Å². The fourth-order valence-corrected chi connectivity index (χ4v) is 3.22. The van der Waals surface area contributed by atoms with Crippen LogP contribution in [-0.2, 0) is 11.8 Å². The molecule has 25 heavy (non-hydrogen) atoms. The van der Waals surface area contributed by atoms with Crippen LogP contribution in [-0.4, -0.2) is 26.4 Å². The van der Waals surface area contributed by atoms with Gasteiger partial charge in [-0.05, 0) is 23.3 Å². The quantitative estimate of drug-likeness (QED) is 0.673. The predicted octanol–water partition coefficient (Wildman–Crippen LogP) is 3.47. The van der Waals surface area contributed by atoms with Gasteiger partial charge in [0.2, 0.25) is 5.91 Å². The summed E-state index contributed by atoms with van der Waals surface area (Å²) in [7, 11) is 1.85. The molecule has 2 aromatic carbocycles. The zero-order valence-corrected chi connectivity index (χ0v) is 15.2. The first-order chi connectivity index (χ1) is 12.1. The van der Waals surface area contributed by atoms with Crippen LogP contribution in [0.3, 0.4) is 0 Å². The summed E-state index contributed by atoms with van der Waals surface area (Å²) in [5, 5.41) is 12.2. The summed E-state index contributed by atoms with van der Waals surface area (Å²) in [6.45, 7) is 0. The van der Waals surface area contributed by atoms with E-state index in [9.17, 15) is 4.79 Å². The van der Waals surface area contributed by atoms with Crippen molar-refractivity contribution in [3.05, 3.63) is 77.1 Å². The summed E-state index contributed by atoms with van der Waals surface area (Å²) < 4.78 is 1.78. The minimum absolute atomic E-state index is 0.0724. The molecule has 0 fully saturated rings. The molecule has 0 bridgehead atoms. The van der Waals surface area contributed by atoms with Crippen molar-refractivity contribution in [3.63, 3.8) is 0 Å². The van der Waals surface area contributed by atoms with Gasteiger partial charge < -0.3 is 9.88 Å². The van der Waals surface area contributed by atoms with E-state index in [0.717, 1.165) is 11.1 Å². The van der Waals surface area contributed by atoms with Crippen LogP contribution in [0.1, 0.15) is 17.2 Å². The lowest BCUT2D eigenvalue weighted by molar-refractivity contribution is -0.119. The number of carbonyl (C=O) groups excluding carboxylic acids is 1. The number of aryl methyl sites for hydroxylation is 1. The Labute approximate surface area is 155 Å². The summed E-state index contributed by atoms with van der Waals surface area (Å²) >= 11 is 7.34. The van der Waals surface area contributed by atoms with Crippen molar-refractivity contribution in [2.45, 2.75) is 11.2 Å². The number of amides is 1. The van der Waals surface area contributed by atoms with Crippen molar-refractivity contribution in [2.24, 2.45) is 7.05 Å². The molecule has 0 saturated heterocycles. The average molecular weight is 373 g/mol. The monoisotopic (exact) mass is 372 g/mol. The van der Waals surface area contributed by atoms with E-state index < -0.39 is 0 Å². The van der Waals surface area contributed by atoms with Gasteiger partial charge in [-0.2, -0.15) is 0 Å². The smallest absolute Gasteiger partial charge is 0.231 e. The van der Waals surface area contributed by atoms with Gasteiger partial charge in [0.15, 0.2) is 5.16 Å². The molecule has 3 rings (SSSR count). The number of hydrogen-bond acceptors (Lipinski definition) is 4. The van der Waals surface area contributed by atoms with E-state index in [1.165, 1.54) is 11.8 Å². The second kappa shape index (κ2) is 8.18. The number of nitrogens with zero attached hydrogens (tertiary/aromatic N) is 3. The lowest BCUT2D eigenvalue weighted by Crippen LogP contribution is -2.30. The highest BCUT2D eigenvalue weighted by Crippen LogP contribution is 2.24. The first-order valence-electron chi connectivity index (χ1n) is 7.70. The third-order valence-corrected chi connectivity index (χ3v) is 4.93. The predicted molar refractivity (Wildman–Crippen MR) is 99.6 cm³/mol. The molecule has 1 heterocycles. The van der Waals surface area contributed by atoms with E-state index in [-0.39, 0.29) is 17.7 Å². The second-order valence-corrected chi connectivity index (χ2v) is 6.85. The van der Waals surface area contributed by atoms with Gasteiger partial charge in [-0.25, -0.2) is 0 Å². The average Bonchev–Trinajstić information content (AvgIpc) is 3.04. The number of carbonyl (C=O) groups is 1. The highest BCUT2D eigenvalue weighted by Gasteiger charge is 2.17.